The van der Waals surface area contributed by atoms with Gasteiger partial charge in [0.15, 0.2) is 0 Å². The van der Waals surface area contributed by atoms with E-state index in [4.69, 9.17) is 5.26 Å². The number of pyridine rings is 1. The number of hydrogen-bond acceptors (Lipinski definition) is 4. The zero-order valence-corrected chi connectivity index (χ0v) is 8.12. The normalized spacial score (nSPS) is 12.9. The Labute approximate surface area is 88.7 Å². The maximum Gasteiger partial charge on any atom is 0.418 e. The first kappa shape index (κ1) is 12.1. The van der Waals surface area contributed by atoms with Crippen molar-refractivity contribution in [2.24, 2.45) is 5.18 Å². The van der Waals surface area contributed by atoms with E-state index < -0.39 is 29.0 Å². The van der Waals surface area contributed by atoms with Crippen molar-refractivity contribution in [3.63, 3.8) is 0 Å². The number of nitroso groups, excluding NO2 is 1. The van der Waals surface area contributed by atoms with Gasteiger partial charge in [-0.3, -0.25) is 4.98 Å². The van der Waals surface area contributed by atoms with Crippen molar-refractivity contribution in [3.05, 3.63) is 28.4 Å². The average Bonchev–Trinajstić information content (AvgIpc) is 2.26. The summed E-state index contributed by atoms with van der Waals surface area (Å²) in [7, 11) is 0. The number of rotatable bonds is 2. The van der Waals surface area contributed by atoms with Crippen LogP contribution in [0, 0.1) is 16.2 Å². The molecule has 0 N–H and O–H groups in total. The molecule has 1 unspecified atom stereocenters. The van der Waals surface area contributed by atoms with Gasteiger partial charge in [-0.1, -0.05) is 0 Å². The Hall–Kier alpha value is -1.97. The fourth-order valence-electron chi connectivity index (χ4n) is 1.15. The summed E-state index contributed by atoms with van der Waals surface area (Å²) in [6, 6.07) is 2.25. The van der Waals surface area contributed by atoms with Gasteiger partial charge in [-0.25, -0.2) is 0 Å². The van der Waals surface area contributed by atoms with Gasteiger partial charge in [-0.2, -0.15) is 18.4 Å². The predicted octanol–water partition coefficient (Wildman–Crippen LogP) is 3.13. The van der Waals surface area contributed by atoms with Gasteiger partial charge in [0.1, 0.15) is 5.69 Å². The minimum atomic E-state index is -4.66. The Morgan fingerprint density at radius 2 is 2.19 bits per heavy atom. The summed E-state index contributed by atoms with van der Waals surface area (Å²) in [5, 5.41) is 10.9. The molecule has 4 nitrogen and oxygen atoms in total. The lowest BCUT2D eigenvalue weighted by Crippen LogP contribution is -2.12. The Bertz CT molecular complexity index is 450. The van der Waals surface area contributed by atoms with Crippen molar-refractivity contribution in [2.45, 2.75) is 19.0 Å². The number of alkyl halides is 3. The van der Waals surface area contributed by atoms with E-state index in [2.05, 4.69) is 10.2 Å². The van der Waals surface area contributed by atoms with Gasteiger partial charge in [0.2, 0.25) is 0 Å². The van der Waals surface area contributed by atoms with Crippen molar-refractivity contribution >= 4 is 5.69 Å². The largest absolute Gasteiger partial charge is 0.418 e. The average molecular weight is 229 g/mol. The summed E-state index contributed by atoms with van der Waals surface area (Å²) in [6.07, 6.45) is -3.75. The molecule has 0 bridgehead atoms. The molecule has 0 aliphatic heterocycles. The number of aromatic nitrogens is 1. The maximum atomic E-state index is 12.6. The molecule has 1 atom stereocenters. The quantitative estimate of drug-likeness (QED) is 0.731. The second kappa shape index (κ2) is 4.26. The van der Waals surface area contributed by atoms with Gasteiger partial charge in [0.05, 0.1) is 29.4 Å². The van der Waals surface area contributed by atoms with Crippen molar-refractivity contribution in [2.75, 3.05) is 0 Å². The van der Waals surface area contributed by atoms with E-state index in [1.807, 2.05) is 0 Å². The first-order valence-corrected chi connectivity index (χ1v) is 4.20. The van der Waals surface area contributed by atoms with Crippen molar-refractivity contribution in [1.29, 1.82) is 5.26 Å². The highest BCUT2D eigenvalue weighted by atomic mass is 19.4. The molecule has 84 valence electrons. The lowest BCUT2D eigenvalue weighted by atomic mass is 10.0. The molecule has 1 aromatic heterocycles. The summed E-state index contributed by atoms with van der Waals surface area (Å²) in [5.74, 6) is -1.00. The van der Waals surface area contributed by atoms with E-state index in [1.165, 1.54) is 6.92 Å². The van der Waals surface area contributed by atoms with E-state index in [0.29, 0.717) is 6.07 Å². The molecule has 0 amide bonds. The van der Waals surface area contributed by atoms with Gasteiger partial charge >= 0.3 is 6.18 Å². The van der Waals surface area contributed by atoms with E-state index in [-0.39, 0.29) is 0 Å². The highest BCUT2D eigenvalue weighted by Gasteiger charge is 2.36. The number of halogens is 3. The van der Waals surface area contributed by atoms with E-state index >= 15 is 0 Å². The van der Waals surface area contributed by atoms with Crippen molar-refractivity contribution in [3.8, 4) is 6.07 Å². The lowest BCUT2D eigenvalue weighted by Gasteiger charge is -2.12. The molecule has 0 aliphatic rings. The summed E-state index contributed by atoms with van der Waals surface area (Å²) in [6.45, 7) is 1.30. The van der Waals surface area contributed by atoms with Crippen LogP contribution in [0.2, 0.25) is 0 Å². The van der Waals surface area contributed by atoms with Crippen LogP contribution in [0.25, 0.3) is 0 Å². The molecule has 0 saturated heterocycles. The molecule has 7 heteroatoms. The van der Waals surface area contributed by atoms with E-state index in [9.17, 15) is 18.1 Å². The molecule has 0 saturated carbocycles. The number of hydrogen-bond donors (Lipinski definition) is 0. The monoisotopic (exact) mass is 229 g/mol. The van der Waals surface area contributed by atoms with Gasteiger partial charge in [-0.05, 0) is 18.2 Å². The molecule has 0 radical (unpaired) electrons. The smallest absolute Gasteiger partial charge is 0.257 e. The zero-order chi connectivity index (χ0) is 12.3. The molecular formula is C9H6F3N3O. The second-order valence-corrected chi connectivity index (χ2v) is 3.07. The molecule has 0 aromatic carbocycles. The third-order valence-electron chi connectivity index (χ3n) is 1.92. The zero-order valence-electron chi connectivity index (χ0n) is 8.12. The second-order valence-electron chi connectivity index (χ2n) is 3.07. The summed E-state index contributed by atoms with van der Waals surface area (Å²) in [5.41, 5.74) is -1.91. The Balaban J connectivity index is 3.40. The third kappa shape index (κ3) is 2.34. The van der Waals surface area contributed by atoms with Crippen LogP contribution in [-0.2, 0) is 6.18 Å². The van der Waals surface area contributed by atoms with E-state index in [0.717, 1.165) is 6.20 Å². The fraction of sp³-hybridized carbons (Fsp3) is 0.333. The molecule has 1 heterocycles. The summed E-state index contributed by atoms with van der Waals surface area (Å²) >= 11 is 0. The fourth-order valence-corrected chi connectivity index (χ4v) is 1.15. The van der Waals surface area contributed by atoms with Gasteiger partial charge < -0.3 is 0 Å². The predicted molar refractivity (Wildman–Crippen MR) is 48.7 cm³/mol. The van der Waals surface area contributed by atoms with Crippen LogP contribution in [-0.4, -0.2) is 4.98 Å². The Morgan fingerprint density at radius 3 is 2.62 bits per heavy atom. The first-order chi connectivity index (χ1) is 7.40. The summed E-state index contributed by atoms with van der Waals surface area (Å²) < 4.78 is 37.7. The topological polar surface area (TPSA) is 66.1 Å². The summed E-state index contributed by atoms with van der Waals surface area (Å²) in [4.78, 5) is 13.6. The number of nitriles is 1. The van der Waals surface area contributed by atoms with Crippen LogP contribution in [0.15, 0.2) is 17.4 Å². The molecule has 16 heavy (non-hydrogen) atoms. The minimum Gasteiger partial charge on any atom is -0.257 e. The lowest BCUT2D eigenvalue weighted by molar-refractivity contribution is -0.138. The van der Waals surface area contributed by atoms with Gasteiger partial charge in [0.25, 0.3) is 0 Å². The molecule has 1 aromatic rings. The van der Waals surface area contributed by atoms with Gasteiger partial charge in [-0.15, -0.1) is 4.91 Å². The van der Waals surface area contributed by atoms with Crippen molar-refractivity contribution < 1.29 is 13.2 Å². The minimum absolute atomic E-state index is 0.401. The maximum absolute atomic E-state index is 12.6. The van der Waals surface area contributed by atoms with E-state index in [1.54, 1.807) is 6.07 Å². The highest BCUT2D eigenvalue weighted by Crippen LogP contribution is 2.35. The molecule has 0 aliphatic carbocycles. The van der Waals surface area contributed by atoms with Crippen LogP contribution in [0.3, 0.4) is 0 Å². The van der Waals surface area contributed by atoms with Crippen LogP contribution >= 0.6 is 0 Å². The molecule has 0 fully saturated rings. The van der Waals surface area contributed by atoms with Crippen LogP contribution in [0.1, 0.15) is 24.1 Å². The Morgan fingerprint density at radius 1 is 1.56 bits per heavy atom. The highest BCUT2D eigenvalue weighted by molar-refractivity contribution is 5.42. The molecular weight excluding hydrogens is 223 g/mol. The third-order valence-corrected chi connectivity index (χ3v) is 1.92. The molecule has 0 spiro atoms. The number of nitrogens with zero attached hydrogens (tertiary/aromatic N) is 3. The SMILES string of the molecule is CC(C#N)c1ncc(N=O)cc1C(F)(F)F. The van der Waals surface area contributed by atoms with Gasteiger partial charge in [0, 0.05) is 0 Å². The molecule has 1 rings (SSSR count). The van der Waals surface area contributed by atoms with Crippen molar-refractivity contribution in [1.82, 2.24) is 4.98 Å². The van der Waals surface area contributed by atoms with Crippen LogP contribution < -0.4 is 0 Å². The van der Waals surface area contributed by atoms with Crippen LogP contribution in [0.5, 0.6) is 0 Å². The Kier molecular flexibility index (Phi) is 3.22. The standard InChI is InChI=1S/C9H6F3N3O/c1-5(3-13)8-7(9(10,11)12)2-6(15-16)4-14-8/h2,4-5H,1H3. The first-order valence-electron chi connectivity index (χ1n) is 4.20. The van der Waals surface area contributed by atoms with Crippen LogP contribution in [0.4, 0.5) is 18.9 Å².